The average Bonchev–Trinajstić information content (AvgIpc) is 2.79. The first-order valence-corrected chi connectivity index (χ1v) is 13.1. The highest BCUT2D eigenvalue weighted by Gasteiger charge is 2.31. The molecular formula is C24H29ClN2O5S. The Labute approximate surface area is 200 Å². The molecule has 0 saturated carbocycles. The highest BCUT2D eigenvalue weighted by molar-refractivity contribution is 7.88. The number of halogens is 1. The standard InChI is InChI=1S/C24H29ClN2O5S/c1-2-3-15-32-24(29)20-7-9-22(10-8-20)26-23(28)19-11-13-27(14-12-19)33(30,31)17-18-5-4-6-21(25)16-18/h4-10,16,19H,2-3,11-15,17H2,1H3,(H,26,28). The van der Waals surface area contributed by atoms with Crippen LogP contribution < -0.4 is 5.32 Å². The van der Waals surface area contributed by atoms with Gasteiger partial charge in [-0.2, -0.15) is 0 Å². The van der Waals surface area contributed by atoms with Crippen molar-refractivity contribution in [1.82, 2.24) is 4.31 Å². The number of hydrogen-bond acceptors (Lipinski definition) is 5. The molecule has 2 aromatic rings. The van der Waals surface area contributed by atoms with Crippen molar-refractivity contribution in [2.45, 2.75) is 38.4 Å². The third-order valence-corrected chi connectivity index (χ3v) is 7.66. The van der Waals surface area contributed by atoms with Gasteiger partial charge in [0.15, 0.2) is 0 Å². The van der Waals surface area contributed by atoms with Crippen LogP contribution in [0.1, 0.15) is 48.5 Å². The van der Waals surface area contributed by atoms with E-state index in [1.54, 1.807) is 48.5 Å². The Bertz CT molecular complexity index is 1060. The Morgan fingerprint density at radius 1 is 1.12 bits per heavy atom. The summed E-state index contributed by atoms with van der Waals surface area (Å²) in [5, 5.41) is 3.36. The Morgan fingerprint density at radius 3 is 2.45 bits per heavy atom. The van der Waals surface area contributed by atoms with E-state index >= 15 is 0 Å². The lowest BCUT2D eigenvalue weighted by molar-refractivity contribution is -0.120. The molecule has 7 nitrogen and oxygen atoms in total. The molecule has 9 heteroatoms. The third-order valence-electron chi connectivity index (χ3n) is 5.58. The molecule has 3 rings (SSSR count). The van der Waals surface area contributed by atoms with Crippen molar-refractivity contribution in [3.05, 3.63) is 64.7 Å². The van der Waals surface area contributed by atoms with Crippen molar-refractivity contribution in [2.75, 3.05) is 25.0 Å². The predicted molar refractivity (Wildman–Crippen MR) is 129 cm³/mol. The highest BCUT2D eigenvalue weighted by Crippen LogP contribution is 2.24. The molecule has 0 aliphatic carbocycles. The summed E-state index contributed by atoms with van der Waals surface area (Å²) in [6.45, 7) is 3.00. The third kappa shape index (κ3) is 7.28. The van der Waals surface area contributed by atoms with E-state index in [4.69, 9.17) is 16.3 Å². The fourth-order valence-electron chi connectivity index (χ4n) is 3.65. The van der Waals surface area contributed by atoms with E-state index in [-0.39, 0.29) is 23.5 Å². The van der Waals surface area contributed by atoms with E-state index in [2.05, 4.69) is 5.32 Å². The minimum Gasteiger partial charge on any atom is -0.462 e. The van der Waals surface area contributed by atoms with Crippen molar-refractivity contribution in [3.63, 3.8) is 0 Å². The van der Waals surface area contributed by atoms with E-state index in [0.717, 1.165) is 12.8 Å². The number of amides is 1. The van der Waals surface area contributed by atoms with Crippen LogP contribution in [0.15, 0.2) is 48.5 Å². The molecule has 0 atom stereocenters. The average molecular weight is 493 g/mol. The lowest BCUT2D eigenvalue weighted by Gasteiger charge is -2.30. The van der Waals surface area contributed by atoms with Crippen LogP contribution >= 0.6 is 11.6 Å². The molecule has 0 unspecified atom stereocenters. The Balaban J connectivity index is 1.49. The number of piperidine rings is 1. The maximum Gasteiger partial charge on any atom is 0.338 e. The van der Waals surface area contributed by atoms with Gasteiger partial charge in [-0.15, -0.1) is 0 Å². The molecule has 2 aromatic carbocycles. The van der Waals surface area contributed by atoms with Crippen LogP contribution in [-0.2, 0) is 25.3 Å². The molecular weight excluding hydrogens is 464 g/mol. The van der Waals surface area contributed by atoms with E-state index in [1.807, 2.05) is 6.92 Å². The van der Waals surface area contributed by atoms with Crippen molar-refractivity contribution in [3.8, 4) is 0 Å². The number of nitrogens with zero attached hydrogens (tertiary/aromatic N) is 1. The van der Waals surface area contributed by atoms with Gasteiger partial charge in [0.05, 0.1) is 17.9 Å². The molecule has 1 saturated heterocycles. The summed E-state index contributed by atoms with van der Waals surface area (Å²) in [5.74, 6) is -0.924. The summed E-state index contributed by atoms with van der Waals surface area (Å²) < 4.78 is 32.1. The first-order chi connectivity index (χ1) is 15.8. The second-order valence-corrected chi connectivity index (χ2v) is 10.5. The van der Waals surface area contributed by atoms with Gasteiger partial charge in [0.25, 0.3) is 0 Å². The van der Waals surface area contributed by atoms with Gasteiger partial charge in [0, 0.05) is 29.7 Å². The Hall–Kier alpha value is -2.42. The molecule has 0 aromatic heterocycles. The van der Waals surface area contributed by atoms with Crippen molar-refractivity contribution in [2.24, 2.45) is 5.92 Å². The van der Waals surface area contributed by atoms with Crippen LogP contribution in [0, 0.1) is 5.92 Å². The Morgan fingerprint density at radius 2 is 1.82 bits per heavy atom. The fraction of sp³-hybridized carbons (Fsp3) is 0.417. The van der Waals surface area contributed by atoms with Gasteiger partial charge in [0.2, 0.25) is 15.9 Å². The van der Waals surface area contributed by atoms with E-state index in [1.165, 1.54) is 4.31 Å². The normalized spacial score (nSPS) is 15.2. The molecule has 33 heavy (non-hydrogen) atoms. The topological polar surface area (TPSA) is 92.8 Å². The smallest absolute Gasteiger partial charge is 0.338 e. The second-order valence-electron chi connectivity index (χ2n) is 8.12. The van der Waals surface area contributed by atoms with Gasteiger partial charge in [-0.25, -0.2) is 17.5 Å². The van der Waals surface area contributed by atoms with Crippen LogP contribution in [-0.4, -0.2) is 44.3 Å². The molecule has 1 amide bonds. The number of carbonyl (C=O) groups is 2. The van der Waals surface area contributed by atoms with E-state index in [9.17, 15) is 18.0 Å². The molecule has 0 bridgehead atoms. The zero-order chi connectivity index (χ0) is 23.8. The number of nitrogens with one attached hydrogen (secondary N) is 1. The number of rotatable bonds is 9. The first-order valence-electron chi connectivity index (χ1n) is 11.1. The first kappa shape index (κ1) is 25.2. The monoisotopic (exact) mass is 492 g/mol. The van der Waals surface area contributed by atoms with E-state index < -0.39 is 10.0 Å². The van der Waals surface area contributed by atoms with Crippen molar-refractivity contribution >= 4 is 39.2 Å². The number of sulfonamides is 1. The van der Waals surface area contributed by atoms with Crippen LogP contribution in [0.4, 0.5) is 5.69 Å². The van der Waals surface area contributed by atoms with Crippen LogP contribution in [0.5, 0.6) is 0 Å². The predicted octanol–water partition coefficient (Wildman–Crippen LogP) is 4.48. The minimum atomic E-state index is -3.48. The van der Waals surface area contributed by atoms with Crippen molar-refractivity contribution in [1.29, 1.82) is 0 Å². The second kappa shape index (κ2) is 11.6. The fourth-order valence-corrected chi connectivity index (χ4v) is 5.41. The Kier molecular flexibility index (Phi) is 8.88. The molecule has 1 aliphatic heterocycles. The van der Waals surface area contributed by atoms with Gasteiger partial charge < -0.3 is 10.1 Å². The maximum absolute atomic E-state index is 12.7. The molecule has 0 spiro atoms. The largest absolute Gasteiger partial charge is 0.462 e. The summed E-state index contributed by atoms with van der Waals surface area (Å²) in [7, 11) is -3.48. The number of anilines is 1. The molecule has 1 aliphatic rings. The summed E-state index contributed by atoms with van der Waals surface area (Å²) in [5.41, 5.74) is 1.66. The molecule has 1 heterocycles. The molecule has 0 radical (unpaired) electrons. The number of benzene rings is 2. The van der Waals surface area contributed by atoms with Gasteiger partial charge in [0.1, 0.15) is 0 Å². The number of unbranched alkanes of at least 4 members (excludes halogenated alkanes) is 1. The summed E-state index contributed by atoms with van der Waals surface area (Å²) in [6, 6.07) is 13.4. The van der Waals surface area contributed by atoms with Gasteiger partial charge in [-0.05, 0) is 61.2 Å². The molecule has 1 N–H and O–H groups in total. The highest BCUT2D eigenvalue weighted by atomic mass is 35.5. The zero-order valence-electron chi connectivity index (χ0n) is 18.6. The number of carbonyl (C=O) groups excluding carboxylic acids is 2. The van der Waals surface area contributed by atoms with Gasteiger partial charge >= 0.3 is 5.97 Å². The van der Waals surface area contributed by atoms with Crippen LogP contribution in [0.3, 0.4) is 0 Å². The number of esters is 1. The molecule has 1 fully saturated rings. The lowest BCUT2D eigenvalue weighted by Crippen LogP contribution is -2.41. The van der Waals surface area contributed by atoms with Gasteiger partial charge in [-0.3, -0.25) is 4.79 Å². The van der Waals surface area contributed by atoms with Gasteiger partial charge in [-0.1, -0.05) is 37.1 Å². The lowest BCUT2D eigenvalue weighted by atomic mass is 9.97. The quantitative estimate of drug-likeness (QED) is 0.411. The number of ether oxygens (including phenoxy) is 1. The summed E-state index contributed by atoms with van der Waals surface area (Å²) in [6.07, 6.45) is 2.66. The van der Waals surface area contributed by atoms with Crippen LogP contribution in [0.2, 0.25) is 5.02 Å². The number of hydrogen-bond donors (Lipinski definition) is 1. The zero-order valence-corrected chi connectivity index (χ0v) is 20.2. The summed E-state index contributed by atoms with van der Waals surface area (Å²) >= 11 is 5.95. The van der Waals surface area contributed by atoms with Crippen molar-refractivity contribution < 1.29 is 22.7 Å². The SMILES string of the molecule is CCCCOC(=O)c1ccc(NC(=O)C2CCN(S(=O)(=O)Cc3cccc(Cl)c3)CC2)cc1. The maximum atomic E-state index is 12.7. The molecule has 178 valence electrons. The minimum absolute atomic E-state index is 0.113. The van der Waals surface area contributed by atoms with Crippen LogP contribution in [0.25, 0.3) is 0 Å². The van der Waals surface area contributed by atoms with E-state index in [0.29, 0.717) is 54.4 Å². The summed E-state index contributed by atoms with van der Waals surface area (Å²) in [4.78, 5) is 24.6.